The lowest BCUT2D eigenvalue weighted by Gasteiger charge is -2.21. The predicted molar refractivity (Wildman–Crippen MR) is 87.7 cm³/mol. The fraction of sp³-hybridized carbons (Fsp3) is 0.375. The van der Waals surface area contributed by atoms with Gasteiger partial charge in [0.05, 0.1) is 6.07 Å². The first kappa shape index (κ1) is 19.0. The number of imide groups is 1. The fourth-order valence-electron chi connectivity index (χ4n) is 2.04. The highest BCUT2D eigenvalue weighted by atomic mass is 16.4. The van der Waals surface area contributed by atoms with E-state index in [2.05, 4.69) is 10.6 Å². The Labute approximate surface area is 140 Å². The maximum atomic E-state index is 12.6. The number of anilines is 1. The normalized spacial score (nSPS) is 9.67. The molecule has 0 radical (unpaired) electrons. The molecule has 0 atom stereocenters. The van der Waals surface area contributed by atoms with Gasteiger partial charge in [0.25, 0.3) is 5.91 Å². The predicted octanol–water partition coefficient (Wildman–Crippen LogP) is 2.64. The van der Waals surface area contributed by atoms with Crippen LogP contribution < -0.4 is 10.6 Å². The maximum Gasteiger partial charge on any atom is 0.409 e. The summed E-state index contributed by atoms with van der Waals surface area (Å²) in [5, 5.41) is 21.8. The van der Waals surface area contributed by atoms with Gasteiger partial charge < -0.3 is 10.4 Å². The quantitative estimate of drug-likeness (QED) is 0.523. The topological polar surface area (TPSA) is 123 Å². The van der Waals surface area contributed by atoms with Crippen LogP contribution in [0.2, 0.25) is 0 Å². The van der Waals surface area contributed by atoms with Gasteiger partial charge in [-0.15, -0.1) is 0 Å². The van der Waals surface area contributed by atoms with Crippen molar-refractivity contribution in [3.8, 4) is 6.07 Å². The van der Waals surface area contributed by atoms with Crippen molar-refractivity contribution >= 4 is 23.7 Å². The van der Waals surface area contributed by atoms with Crippen LogP contribution in [0.1, 0.15) is 36.5 Å². The lowest BCUT2D eigenvalue weighted by Crippen LogP contribution is -2.44. The van der Waals surface area contributed by atoms with E-state index in [0.717, 1.165) is 17.7 Å². The summed E-state index contributed by atoms with van der Waals surface area (Å²) < 4.78 is 0. The molecule has 1 rings (SSSR count). The van der Waals surface area contributed by atoms with Gasteiger partial charge in [-0.2, -0.15) is 5.26 Å². The molecule has 8 nitrogen and oxygen atoms in total. The fourth-order valence-corrected chi connectivity index (χ4v) is 2.04. The van der Waals surface area contributed by atoms with Gasteiger partial charge in [0.2, 0.25) is 0 Å². The number of urea groups is 1. The second-order valence-corrected chi connectivity index (χ2v) is 4.99. The van der Waals surface area contributed by atoms with Crippen LogP contribution in [-0.2, 0) is 0 Å². The summed E-state index contributed by atoms with van der Waals surface area (Å²) in [5.41, 5.74) is 0.421. The first-order chi connectivity index (χ1) is 11.5. The van der Waals surface area contributed by atoms with Crippen molar-refractivity contribution in [2.24, 2.45) is 0 Å². The molecule has 128 valence electrons. The Bertz CT molecular complexity index is 639. The zero-order chi connectivity index (χ0) is 17.9. The first-order valence-corrected chi connectivity index (χ1v) is 7.56. The Morgan fingerprint density at radius 3 is 2.67 bits per heavy atom. The molecule has 3 N–H and O–H groups in total. The van der Waals surface area contributed by atoms with Crippen LogP contribution in [-0.4, -0.2) is 41.1 Å². The van der Waals surface area contributed by atoms with E-state index in [-0.39, 0.29) is 24.3 Å². The molecule has 8 heteroatoms. The minimum Gasteiger partial charge on any atom is -0.465 e. The molecule has 24 heavy (non-hydrogen) atoms. The Balaban J connectivity index is 2.95. The number of amides is 4. The molecular weight excluding hydrogens is 312 g/mol. The molecule has 0 bridgehead atoms. The van der Waals surface area contributed by atoms with E-state index in [0.29, 0.717) is 6.42 Å². The lowest BCUT2D eigenvalue weighted by atomic mass is 10.1. The van der Waals surface area contributed by atoms with E-state index < -0.39 is 18.0 Å². The van der Waals surface area contributed by atoms with Crippen LogP contribution >= 0.6 is 0 Å². The molecule has 1 aromatic carbocycles. The average molecular weight is 332 g/mol. The van der Waals surface area contributed by atoms with E-state index in [1.807, 2.05) is 6.92 Å². The summed E-state index contributed by atoms with van der Waals surface area (Å²) in [6.45, 7) is 2.03. The van der Waals surface area contributed by atoms with E-state index in [4.69, 9.17) is 10.4 Å². The average Bonchev–Trinajstić information content (AvgIpc) is 2.55. The minimum absolute atomic E-state index is 0.185. The number of unbranched alkanes of at least 4 members (excludes halogenated alkanes) is 2. The second-order valence-electron chi connectivity index (χ2n) is 4.99. The maximum absolute atomic E-state index is 12.6. The summed E-state index contributed by atoms with van der Waals surface area (Å²) >= 11 is 0. The first-order valence-electron chi connectivity index (χ1n) is 7.56. The van der Waals surface area contributed by atoms with Gasteiger partial charge in [0.15, 0.2) is 0 Å². The molecule has 0 spiro atoms. The summed E-state index contributed by atoms with van der Waals surface area (Å²) in [6, 6.07) is 7.03. The molecule has 0 fully saturated rings. The molecule has 0 saturated carbocycles. The number of nitriles is 1. The van der Waals surface area contributed by atoms with Crippen molar-refractivity contribution in [1.29, 1.82) is 5.26 Å². The standard InChI is InChI=1S/C16H20N4O4/c1-2-3-4-10-20(15(22)18-9-8-17)14(21)12-6-5-7-13(11-12)19-16(23)24/h5-7,11,19H,2-4,9-10H2,1H3,(H,18,22)(H,23,24). The van der Waals surface area contributed by atoms with Crippen LogP contribution in [0, 0.1) is 11.3 Å². The number of carboxylic acid groups (broad SMARTS) is 1. The van der Waals surface area contributed by atoms with Crippen molar-refractivity contribution in [3.63, 3.8) is 0 Å². The molecule has 0 heterocycles. The molecule has 0 aliphatic heterocycles. The van der Waals surface area contributed by atoms with Gasteiger partial charge >= 0.3 is 12.1 Å². The molecule has 0 aromatic heterocycles. The van der Waals surface area contributed by atoms with Crippen LogP contribution in [0.15, 0.2) is 24.3 Å². The van der Waals surface area contributed by atoms with Gasteiger partial charge in [-0.05, 0) is 24.6 Å². The molecule has 0 aliphatic carbocycles. The molecule has 0 saturated heterocycles. The third-order valence-corrected chi connectivity index (χ3v) is 3.16. The van der Waals surface area contributed by atoms with Crippen LogP contribution in [0.5, 0.6) is 0 Å². The second kappa shape index (κ2) is 9.84. The number of nitrogens with one attached hydrogen (secondary N) is 2. The SMILES string of the molecule is CCCCCN(C(=O)NCC#N)C(=O)c1cccc(NC(=O)O)c1. The molecular formula is C16H20N4O4. The van der Waals surface area contributed by atoms with Gasteiger partial charge in [-0.3, -0.25) is 15.0 Å². The van der Waals surface area contributed by atoms with Crippen molar-refractivity contribution in [2.45, 2.75) is 26.2 Å². The Morgan fingerprint density at radius 2 is 2.04 bits per heavy atom. The number of benzene rings is 1. The van der Waals surface area contributed by atoms with E-state index in [1.165, 1.54) is 24.3 Å². The number of hydrogen-bond acceptors (Lipinski definition) is 4. The Kier molecular flexibility index (Phi) is 7.78. The summed E-state index contributed by atoms with van der Waals surface area (Å²) in [7, 11) is 0. The van der Waals surface area contributed by atoms with Gasteiger partial charge in [0, 0.05) is 17.8 Å². The number of nitrogens with zero attached hydrogens (tertiary/aromatic N) is 2. The summed E-state index contributed by atoms with van der Waals surface area (Å²) in [5.74, 6) is -0.546. The highest BCUT2D eigenvalue weighted by molar-refractivity contribution is 6.05. The molecule has 4 amide bonds. The third-order valence-electron chi connectivity index (χ3n) is 3.16. The van der Waals surface area contributed by atoms with E-state index in [9.17, 15) is 14.4 Å². The van der Waals surface area contributed by atoms with Gasteiger partial charge in [-0.25, -0.2) is 9.59 Å². The van der Waals surface area contributed by atoms with Crippen LogP contribution in [0.25, 0.3) is 0 Å². The van der Waals surface area contributed by atoms with Crippen LogP contribution in [0.4, 0.5) is 15.3 Å². The van der Waals surface area contributed by atoms with Crippen molar-refractivity contribution in [3.05, 3.63) is 29.8 Å². The Hall–Kier alpha value is -3.08. The summed E-state index contributed by atoms with van der Waals surface area (Å²) in [4.78, 5) is 36.4. The zero-order valence-corrected chi connectivity index (χ0v) is 13.4. The van der Waals surface area contributed by atoms with Gasteiger partial charge in [0.1, 0.15) is 6.54 Å². The minimum atomic E-state index is -1.24. The van der Waals surface area contributed by atoms with E-state index in [1.54, 1.807) is 6.07 Å². The molecule has 0 aliphatic rings. The lowest BCUT2D eigenvalue weighted by molar-refractivity contribution is 0.0799. The number of carbonyl (C=O) groups excluding carboxylic acids is 2. The monoisotopic (exact) mass is 332 g/mol. The summed E-state index contributed by atoms with van der Waals surface area (Å²) in [6.07, 6.45) is 1.19. The Morgan fingerprint density at radius 1 is 1.29 bits per heavy atom. The molecule has 1 aromatic rings. The third kappa shape index (κ3) is 5.96. The highest BCUT2D eigenvalue weighted by Gasteiger charge is 2.22. The van der Waals surface area contributed by atoms with E-state index >= 15 is 0 Å². The highest BCUT2D eigenvalue weighted by Crippen LogP contribution is 2.14. The van der Waals surface area contributed by atoms with Crippen molar-refractivity contribution < 1.29 is 19.5 Å². The van der Waals surface area contributed by atoms with Gasteiger partial charge in [-0.1, -0.05) is 25.8 Å². The largest absolute Gasteiger partial charge is 0.465 e. The van der Waals surface area contributed by atoms with Crippen molar-refractivity contribution in [1.82, 2.24) is 10.2 Å². The van der Waals surface area contributed by atoms with Crippen molar-refractivity contribution in [2.75, 3.05) is 18.4 Å². The number of hydrogen-bond donors (Lipinski definition) is 3. The molecule has 0 unspecified atom stereocenters. The van der Waals surface area contributed by atoms with Crippen LogP contribution in [0.3, 0.4) is 0 Å². The zero-order valence-electron chi connectivity index (χ0n) is 13.4. The number of carbonyl (C=O) groups is 3. The smallest absolute Gasteiger partial charge is 0.409 e. The number of rotatable bonds is 7.